The Balaban J connectivity index is 2.32. The van der Waals surface area contributed by atoms with Crippen LogP contribution in [0.4, 0.5) is 5.69 Å². The number of halogens is 1. The molecule has 1 aromatic rings. The lowest BCUT2D eigenvalue weighted by Crippen LogP contribution is -2.24. The molecule has 1 heterocycles. The zero-order valence-electron chi connectivity index (χ0n) is 11.0. The summed E-state index contributed by atoms with van der Waals surface area (Å²) in [5.41, 5.74) is 3.05. The van der Waals surface area contributed by atoms with Crippen LogP contribution in [0, 0.1) is 19.8 Å². The molecule has 0 aromatic heterocycles. The SMILES string of the molecule is COc1c(C)cc(N2CC(CCl)CC2=O)cc1C. The van der Waals surface area contributed by atoms with Crippen molar-refractivity contribution in [2.75, 3.05) is 24.4 Å². The topological polar surface area (TPSA) is 29.5 Å². The molecule has 1 aliphatic rings. The summed E-state index contributed by atoms with van der Waals surface area (Å²) >= 11 is 5.84. The monoisotopic (exact) mass is 267 g/mol. The Morgan fingerprint density at radius 2 is 2.00 bits per heavy atom. The van der Waals surface area contributed by atoms with E-state index in [1.807, 2.05) is 30.9 Å². The lowest BCUT2D eigenvalue weighted by molar-refractivity contribution is -0.117. The molecule has 1 saturated heterocycles. The molecule has 3 nitrogen and oxygen atoms in total. The molecular formula is C14H18ClNO2. The number of nitrogens with zero attached hydrogens (tertiary/aromatic N) is 1. The predicted molar refractivity (Wildman–Crippen MR) is 73.6 cm³/mol. The number of alkyl halides is 1. The van der Waals surface area contributed by atoms with Gasteiger partial charge in [0.1, 0.15) is 5.75 Å². The van der Waals surface area contributed by atoms with Gasteiger partial charge in [-0.25, -0.2) is 0 Å². The highest BCUT2D eigenvalue weighted by molar-refractivity contribution is 6.18. The maximum absolute atomic E-state index is 12.0. The van der Waals surface area contributed by atoms with Crippen LogP contribution in [0.5, 0.6) is 5.75 Å². The fourth-order valence-electron chi connectivity index (χ4n) is 2.54. The van der Waals surface area contributed by atoms with Crippen molar-refractivity contribution in [3.63, 3.8) is 0 Å². The van der Waals surface area contributed by atoms with Crippen molar-refractivity contribution in [2.45, 2.75) is 20.3 Å². The maximum Gasteiger partial charge on any atom is 0.227 e. The Labute approximate surface area is 113 Å². The summed E-state index contributed by atoms with van der Waals surface area (Å²) in [7, 11) is 1.67. The molecule has 1 aromatic carbocycles. The van der Waals surface area contributed by atoms with Gasteiger partial charge in [0.2, 0.25) is 5.91 Å². The van der Waals surface area contributed by atoms with E-state index in [-0.39, 0.29) is 11.8 Å². The Hall–Kier alpha value is -1.22. The summed E-state index contributed by atoms with van der Waals surface area (Å²) in [5.74, 6) is 1.85. The van der Waals surface area contributed by atoms with E-state index in [0.717, 1.165) is 22.6 Å². The summed E-state index contributed by atoms with van der Waals surface area (Å²) in [5, 5.41) is 0. The third-order valence-electron chi connectivity index (χ3n) is 3.38. The highest BCUT2D eigenvalue weighted by Crippen LogP contribution is 2.32. The van der Waals surface area contributed by atoms with E-state index in [4.69, 9.17) is 16.3 Å². The van der Waals surface area contributed by atoms with Crippen LogP contribution in [0.25, 0.3) is 0 Å². The summed E-state index contributed by atoms with van der Waals surface area (Å²) < 4.78 is 5.34. The number of carbonyl (C=O) groups excluding carboxylic acids is 1. The van der Waals surface area contributed by atoms with E-state index >= 15 is 0 Å². The fraction of sp³-hybridized carbons (Fsp3) is 0.500. The van der Waals surface area contributed by atoms with E-state index in [1.165, 1.54) is 0 Å². The second-order valence-corrected chi connectivity index (χ2v) is 5.15. The normalized spacial score (nSPS) is 19.4. The van der Waals surface area contributed by atoms with Gasteiger partial charge in [-0.1, -0.05) is 0 Å². The van der Waals surface area contributed by atoms with Crippen molar-refractivity contribution in [1.29, 1.82) is 0 Å². The van der Waals surface area contributed by atoms with Gasteiger partial charge in [0.05, 0.1) is 7.11 Å². The summed E-state index contributed by atoms with van der Waals surface area (Å²) in [6, 6.07) is 4.00. The van der Waals surface area contributed by atoms with Gasteiger partial charge >= 0.3 is 0 Å². The van der Waals surface area contributed by atoms with E-state index in [9.17, 15) is 4.79 Å². The largest absolute Gasteiger partial charge is 0.496 e. The smallest absolute Gasteiger partial charge is 0.227 e. The highest BCUT2D eigenvalue weighted by Gasteiger charge is 2.30. The van der Waals surface area contributed by atoms with Crippen LogP contribution >= 0.6 is 11.6 Å². The zero-order valence-corrected chi connectivity index (χ0v) is 11.8. The van der Waals surface area contributed by atoms with E-state index < -0.39 is 0 Å². The number of rotatable bonds is 3. The van der Waals surface area contributed by atoms with Gasteiger partial charge in [-0.15, -0.1) is 11.6 Å². The van der Waals surface area contributed by atoms with Crippen LogP contribution < -0.4 is 9.64 Å². The Morgan fingerprint density at radius 1 is 1.39 bits per heavy atom. The summed E-state index contributed by atoms with van der Waals surface area (Å²) in [6.07, 6.45) is 0.549. The van der Waals surface area contributed by atoms with Crippen LogP contribution in [0.3, 0.4) is 0 Å². The quantitative estimate of drug-likeness (QED) is 0.788. The molecule has 4 heteroatoms. The minimum absolute atomic E-state index is 0.157. The molecule has 0 saturated carbocycles. The number of hydrogen-bond donors (Lipinski definition) is 0. The number of aryl methyl sites for hydroxylation is 2. The number of methoxy groups -OCH3 is 1. The first-order chi connectivity index (χ1) is 8.56. The first-order valence-corrected chi connectivity index (χ1v) is 6.61. The van der Waals surface area contributed by atoms with Gasteiger partial charge in [-0.2, -0.15) is 0 Å². The molecule has 1 aliphatic heterocycles. The Bertz CT molecular complexity index is 450. The molecule has 0 spiro atoms. The Kier molecular flexibility index (Phi) is 3.81. The molecule has 1 fully saturated rings. The molecule has 0 radical (unpaired) electrons. The van der Waals surface area contributed by atoms with Gasteiger partial charge in [-0.05, 0) is 43.0 Å². The molecule has 1 unspecified atom stereocenters. The van der Waals surface area contributed by atoms with Crippen molar-refractivity contribution in [2.24, 2.45) is 5.92 Å². The molecule has 0 aliphatic carbocycles. The second kappa shape index (κ2) is 5.19. The molecule has 1 atom stereocenters. The minimum atomic E-state index is 0.157. The van der Waals surface area contributed by atoms with Gasteiger partial charge in [0.15, 0.2) is 0 Å². The molecule has 18 heavy (non-hydrogen) atoms. The molecular weight excluding hydrogens is 250 g/mol. The maximum atomic E-state index is 12.0. The average Bonchev–Trinajstić information content (AvgIpc) is 2.70. The number of benzene rings is 1. The number of hydrogen-bond acceptors (Lipinski definition) is 2. The van der Waals surface area contributed by atoms with Crippen molar-refractivity contribution < 1.29 is 9.53 Å². The van der Waals surface area contributed by atoms with Gasteiger partial charge in [0.25, 0.3) is 0 Å². The van der Waals surface area contributed by atoms with Crippen LogP contribution in [-0.2, 0) is 4.79 Å². The van der Waals surface area contributed by atoms with E-state index in [1.54, 1.807) is 7.11 Å². The number of amides is 1. The van der Waals surface area contributed by atoms with Crippen LogP contribution in [-0.4, -0.2) is 25.4 Å². The predicted octanol–water partition coefficient (Wildman–Crippen LogP) is 2.90. The standard InChI is InChI=1S/C14H18ClNO2/c1-9-4-12(5-10(2)14(9)18-3)16-8-11(7-15)6-13(16)17/h4-5,11H,6-8H2,1-3H3. The number of anilines is 1. The van der Waals surface area contributed by atoms with Gasteiger partial charge in [0, 0.05) is 24.5 Å². The molecule has 2 rings (SSSR count). The summed E-state index contributed by atoms with van der Waals surface area (Å²) in [4.78, 5) is 13.8. The molecule has 0 N–H and O–H groups in total. The third kappa shape index (κ3) is 2.32. The lowest BCUT2D eigenvalue weighted by atomic mass is 10.1. The second-order valence-electron chi connectivity index (χ2n) is 4.84. The number of ether oxygens (including phenoxy) is 1. The molecule has 0 bridgehead atoms. The van der Waals surface area contributed by atoms with E-state index in [2.05, 4.69) is 0 Å². The van der Waals surface area contributed by atoms with Crippen molar-refractivity contribution in [3.8, 4) is 5.75 Å². The van der Waals surface area contributed by atoms with Gasteiger partial charge in [-0.3, -0.25) is 4.79 Å². The van der Waals surface area contributed by atoms with E-state index in [0.29, 0.717) is 18.8 Å². The van der Waals surface area contributed by atoms with Gasteiger partial charge < -0.3 is 9.64 Å². The summed E-state index contributed by atoms with van der Waals surface area (Å²) in [6.45, 7) is 4.71. The first kappa shape index (κ1) is 13.2. The van der Waals surface area contributed by atoms with Crippen LogP contribution in [0.15, 0.2) is 12.1 Å². The van der Waals surface area contributed by atoms with Crippen LogP contribution in [0.1, 0.15) is 17.5 Å². The third-order valence-corrected chi connectivity index (χ3v) is 3.82. The average molecular weight is 268 g/mol. The van der Waals surface area contributed by atoms with Crippen molar-refractivity contribution in [1.82, 2.24) is 0 Å². The first-order valence-electron chi connectivity index (χ1n) is 6.08. The lowest BCUT2D eigenvalue weighted by Gasteiger charge is -2.19. The zero-order chi connectivity index (χ0) is 13.3. The highest BCUT2D eigenvalue weighted by atomic mass is 35.5. The molecule has 98 valence electrons. The Morgan fingerprint density at radius 3 is 2.44 bits per heavy atom. The number of carbonyl (C=O) groups is 1. The van der Waals surface area contributed by atoms with Crippen molar-refractivity contribution in [3.05, 3.63) is 23.3 Å². The van der Waals surface area contributed by atoms with Crippen LogP contribution in [0.2, 0.25) is 0 Å². The minimum Gasteiger partial charge on any atom is -0.496 e. The fourth-order valence-corrected chi connectivity index (χ4v) is 2.75. The van der Waals surface area contributed by atoms with Crippen molar-refractivity contribution >= 4 is 23.2 Å². The molecule has 1 amide bonds.